The molecular weight excluding hydrogens is 374 g/mol. The van der Waals surface area contributed by atoms with Crippen molar-refractivity contribution >= 4 is 5.82 Å². The lowest BCUT2D eigenvalue weighted by Crippen LogP contribution is -2.31. The van der Waals surface area contributed by atoms with E-state index in [0.717, 1.165) is 41.2 Å². The lowest BCUT2D eigenvalue weighted by atomic mass is 10.0. The Labute approximate surface area is 165 Å². The summed E-state index contributed by atoms with van der Waals surface area (Å²) in [4.78, 5) is 2.08. The Morgan fingerprint density at radius 3 is 2.14 bits per heavy atom. The maximum Gasteiger partial charge on any atom is 0.170 e. The second-order valence-electron chi connectivity index (χ2n) is 6.90. The van der Waals surface area contributed by atoms with Gasteiger partial charge in [-0.3, -0.25) is 0 Å². The van der Waals surface area contributed by atoms with Crippen molar-refractivity contribution in [1.29, 1.82) is 0 Å². The number of aromatic nitrogens is 3. The Hall–Kier alpha value is -3.61. The van der Waals surface area contributed by atoms with Crippen LogP contribution in [0.15, 0.2) is 65.2 Å². The van der Waals surface area contributed by atoms with E-state index in [-0.39, 0.29) is 11.6 Å². The standard InChI is InChI=1S/C22H16F2N4O/c23-16-5-1-14(2-6-16)19-9-10-21(26-25-19)28-12-11-18-20(13-28)27-29-22(18)15-3-7-17(24)8-4-15/h1-10H,11-13H2. The van der Waals surface area contributed by atoms with Crippen molar-refractivity contribution in [1.82, 2.24) is 15.4 Å². The van der Waals surface area contributed by atoms with Crippen LogP contribution >= 0.6 is 0 Å². The van der Waals surface area contributed by atoms with E-state index in [4.69, 9.17) is 4.52 Å². The molecule has 0 amide bonds. The number of benzene rings is 2. The average Bonchev–Trinajstić information content (AvgIpc) is 3.18. The molecule has 3 heterocycles. The molecule has 1 aliphatic rings. The molecule has 5 rings (SSSR count). The second kappa shape index (κ2) is 7.09. The third-order valence-corrected chi connectivity index (χ3v) is 5.06. The Balaban J connectivity index is 1.36. The zero-order valence-corrected chi connectivity index (χ0v) is 15.3. The minimum Gasteiger partial charge on any atom is -0.356 e. The van der Waals surface area contributed by atoms with Crippen LogP contribution in [-0.2, 0) is 13.0 Å². The van der Waals surface area contributed by atoms with Crippen LogP contribution in [0, 0.1) is 11.6 Å². The summed E-state index contributed by atoms with van der Waals surface area (Å²) in [6, 6.07) is 16.2. The van der Waals surface area contributed by atoms with E-state index in [9.17, 15) is 8.78 Å². The van der Waals surface area contributed by atoms with Gasteiger partial charge in [0, 0.05) is 23.2 Å². The number of anilines is 1. The van der Waals surface area contributed by atoms with Gasteiger partial charge < -0.3 is 9.42 Å². The van der Waals surface area contributed by atoms with Crippen molar-refractivity contribution in [2.45, 2.75) is 13.0 Å². The van der Waals surface area contributed by atoms with Crippen molar-refractivity contribution in [2.75, 3.05) is 11.4 Å². The van der Waals surface area contributed by atoms with Gasteiger partial charge >= 0.3 is 0 Å². The molecule has 0 saturated carbocycles. The predicted molar refractivity (Wildman–Crippen MR) is 104 cm³/mol. The number of hydrogen-bond acceptors (Lipinski definition) is 5. The van der Waals surface area contributed by atoms with Crippen LogP contribution in [-0.4, -0.2) is 21.9 Å². The molecule has 0 spiro atoms. The van der Waals surface area contributed by atoms with Crippen LogP contribution in [0.3, 0.4) is 0 Å². The van der Waals surface area contributed by atoms with Gasteiger partial charge in [-0.25, -0.2) is 8.78 Å². The van der Waals surface area contributed by atoms with E-state index in [1.807, 2.05) is 12.1 Å². The summed E-state index contributed by atoms with van der Waals surface area (Å²) in [6.07, 6.45) is 0.743. The van der Waals surface area contributed by atoms with Crippen LogP contribution in [0.1, 0.15) is 11.3 Å². The predicted octanol–water partition coefficient (Wildman–Crippen LogP) is 4.64. The largest absolute Gasteiger partial charge is 0.356 e. The second-order valence-corrected chi connectivity index (χ2v) is 6.90. The lowest BCUT2D eigenvalue weighted by Gasteiger charge is -2.26. The summed E-state index contributed by atoms with van der Waals surface area (Å²) < 4.78 is 31.8. The smallest absolute Gasteiger partial charge is 0.170 e. The molecule has 1 aliphatic heterocycles. The van der Waals surface area contributed by atoms with E-state index in [0.29, 0.717) is 18.0 Å². The highest BCUT2D eigenvalue weighted by molar-refractivity contribution is 5.64. The molecule has 0 atom stereocenters. The highest BCUT2D eigenvalue weighted by Crippen LogP contribution is 2.31. The number of hydrogen-bond donors (Lipinski definition) is 0. The number of halogens is 2. The molecular formula is C22H16F2N4O. The van der Waals surface area contributed by atoms with Crippen LogP contribution in [0.2, 0.25) is 0 Å². The lowest BCUT2D eigenvalue weighted by molar-refractivity contribution is 0.423. The summed E-state index contributed by atoms with van der Waals surface area (Å²) in [5, 5.41) is 12.8. The molecule has 7 heteroatoms. The topological polar surface area (TPSA) is 55.1 Å². The zero-order chi connectivity index (χ0) is 19.8. The Bertz CT molecular complexity index is 1140. The molecule has 4 aromatic rings. The van der Waals surface area contributed by atoms with Crippen molar-refractivity contribution in [3.05, 3.63) is 83.6 Å². The minimum atomic E-state index is -0.282. The van der Waals surface area contributed by atoms with E-state index >= 15 is 0 Å². The number of nitrogens with zero attached hydrogens (tertiary/aromatic N) is 4. The highest BCUT2D eigenvalue weighted by Gasteiger charge is 2.25. The third kappa shape index (κ3) is 3.35. The van der Waals surface area contributed by atoms with Crippen LogP contribution in [0.25, 0.3) is 22.6 Å². The first-order valence-electron chi connectivity index (χ1n) is 9.25. The monoisotopic (exact) mass is 390 g/mol. The average molecular weight is 390 g/mol. The molecule has 144 valence electrons. The van der Waals surface area contributed by atoms with Crippen LogP contribution < -0.4 is 4.90 Å². The van der Waals surface area contributed by atoms with Gasteiger partial charge in [0.15, 0.2) is 11.6 Å². The fraction of sp³-hybridized carbons (Fsp3) is 0.136. The number of fused-ring (bicyclic) bond motifs is 1. The first-order valence-corrected chi connectivity index (χ1v) is 9.25. The maximum atomic E-state index is 13.2. The van der Waals surface area contributed by atoms with Gasteiger partial charge in [-0.2, -0.15) is 0 Å². The molecule has 0 radical (unpaired) electrons. The van der Waals surface area contributed by atoms with Gasteiger partial charge in [0.05, 0.1) is 12.2 Å². The zero-order valence-electron chi connectivity index (χ0n) is 15.3. The summed E-state index contributed by atoms with van der Waals surface area (Å²) in [6.45, 7) is 1.30. The van der Waals surface area contributed by atoms with Gasteiger partial charge in [-0.15, -0.1) is 10.2 Å². The third-order valence-electron chi connectivity index (χ3n) is 5.06. The van der Waals surface area contributed by atoms with Gasteiger partial charge in [0.2, 0.25) is 0 Å². The van der Waals surface area contributed by atoms with E-state index in [2.05, 4.69) is 20.3 Å². The minimum absolute atomic E-state index is 0.282. The molecule has 0 unspecified atom stereocenters. The van der Waals surface area contributed by atoms with Gasteiger partial charge in [-0.05, 0) is 67.1 Å². The summed E-state index contributed by atoms with van der Waals surface area (Å²) >= 11 is 0. The van der Waals surface area contributed by atoms with E-state index < -0.39 is 0 Å². The van der Waals surface area contributed by atoms with Gasteiger partial charge in [0.25, 0.3) is 0 Å². The van der Waals surface area contributed by atoms with Gasteiger partial charge in [-0.1, -0.05) is 5.16 Å². The molecule has 29 heavy (non-hydrogen) atoms. The summed E-state index contributed by atoms with van der Waals surface area (Å²) in [5.41, 5.74) is 4.21. The van der Waals surface area contributed by atoms with Gasteiger partial charge in [0.1, 0.15) is 17.3 Å². The van der Waals surface area contributed by atoms with Crippen molar-refractivity contribution in [2.24, 2.45) is 0 Å². The summed E-state index contributed by atoms with van der Waals surface area (Å²) in [7, 11) is 0. The normalized spacial score (nSPS) is 13.4. The van der Waals surface area contributed by atoms with Crippen molar-refractivity contribution < 1.29 is 13.3 Å². The van der Waals surface area contributed by atoms with Crippen molar-refractivity contribution in [3.63, 3.8) is 0 Å². The SMILES string of the molecule is Fc1ccc(-c2ccc(N3CCc4c(noc4-c4ccc(F)cc4)C3)nn2)cc1. The van der Waals surface area contributed by atoms with Crippen molar-refractivity contribution in [3.8, 4) is 22.6 Å². The Kier molecular flexibility index (Phi) is 4.27. The van der Waals surface area contributed by atoms with Crippen LogP contribution in [0.4, 0.5) is 14.6 Å². The van der Waals surface area contributed by atoms with Crippen LogP contribution in [0.5, 0.6) is 0 Å². The Morgan fingerprint density at radius 1 is 0.793 bits per heavy atom. The first-order chi connectivity index (χ1) is 14.2. The summed E-state index contributed by atoms with van der Waals surface area (Å²) in [5.74, 6) is 0.872. The molecule has 0 fully saturated rings. The molecule has 2 aromatic carbocycles. The molecule has 0 bridgehead atoms. The molecule has 0 saturated heterocycles. The molecule has 0 N–H and O–H groups in total. The highest BCUT2D eigenvalue weighted by atomic mass is 19.1. The Morgan fingerprint density at radius 2 is 1.48 bits per heavy atom. The molecule has 2 aromatic heterocycles. The number of rotatable bonds is 3. The van der Waals surface area contributed by atoms with E-state index in [1.54, 1.807) is 24.3 Å². The fourth-order valence-corrected chi connectivity index (χ4v) is 3.52. The van der Waals surface area contributed by atoms with E-state index in [1.165, 1.54) is 24.3 Å². The fourth-order valence-electron chi connectivity index (χ4n) is 3.52. The molecule has 0 aliphatic carbocycles. The maximum absolute atomic E-state index is 13.2. The first kappa shape index (κ1) is 17.5. The molecule has 5 nitrogen and oxygen atoms in total. The quantitative estimate of drug-likeness (QED) is 0.510.